The average Bonchev–Trinajstić information content (AvgIpc) is 3.66. The average molecular weight is 577 g/mol. The van der Waals surface area contributed by atoms with Crippen LogP contribution in [0.2, 0.25) is 10.0 Å². The lowest BCUT2D eigenvalue weighted by atomic mass is 10.0. The Hall–Kier alpha value is -2.89. The summed E-state index contributed by atoms with van der Waals surface area (Å²) >= 11 is 12.5. The molecule has 2 atom stereocenters. The summed E-state index contributed by atoms with van der Waals surface area (Å²) in [4.78, 5) is 23.8. The van der Waals surface area contributed by atoms with Crippen molar-refractivity contribution in [2.45, 2.75) is 57.8 Å². The quantitative estimate of drug-likeness (QED) is 0.151. The van der Waals surface area contributed by atoms with E-state index in [1.54, 1.807) is 0 Å². The number of halogens is 4. The van der Waals surface area contributed by atoms with Gasteiger partial charge in [0, 0.05) is 18.9 Å². The summed E-state index contributed by atoms with van der Waals surface area (Å²) in [6, 6.07) is 3.15. The second-order valence-electron chi connectivity index (χ2n) is 8.85. The van der Waals surface area contributed by atoms with E-state index in [2.05, 4.69) is 4.74 Å². The molecule has 9 nitrogen and oxygen atoms in total. The minimum absolute atomic E-state index is 0.0436. The third kappa shape index (κ3) is 9.14. The lowest BCUT2D eigenvalue weighted by Gasteiger charge is -2.23. The Morgan fingerprint density at radius 3 is 2.47 bits per heavy atom. The Labute approximate surface area is 228 Å². The van der Waals surface area contributed by atoms with Crippen LogP contribution in [0.5, 0.6) is 11.5 Å². The van der Waals surface area contributed by atoms with Gasteiger partial charge in [0.15, 0.2) is 23.9 Å². The third-order valence-corrected chi connectivity index (χ3v) is 6.35. The van der Waals surface area contributed by atoms with Gasteiger partial charge in [-0.1, -0.05) is 29.3 Å². The predicted octanol–water partition coefficient (Wildman–Crippen LogP) is 4.51. The molecule has 0 saturated heterocycles. The normalized spacial score (nSPS) is 14.6. The van der Waals surface area contributed by atoms with Crippen LogP contribution in [0, 0.1) is 11.1 Å². The van der Waals surface area contributed by atoms with Gasteiger partial charge in [0.2, 0.25) is 0 Å². The van der Waals surface area contributed by atoms with Crippen molar-refractivity contribution in [1.29, 1.82) is 0 Å². The molecule has 0 aliphatic heterocycles. The number of nitrogens with zero attached hydrogens (tertiary/aromatic N) is 1. The van der Waals surface area contributed by atoms with Gasteiger partial charge in [-0.05, 0) is 49.3 Å². The molecular formula is C25H28Cl2F2N2O7. The van der Waals surface area contributed by atoms with Gasteiger partial charge in [0.25, 0.3) is 0 Å². The number of alkyl halides is 2. The maximum Gasteiger partial charge on any atom is 0.387 e. The zero-order valence-electron chi connectivity index (χ0n) is 20.5. The first-order chi connectivity index (χ1) is 18.0. The first kappa shape index (κ1) is 29.7. The molecule has 1 aliphatic rings. The number of rotatable bonds is 14. The van der Waals surface area contributed by atoms with Crippen LogP contribution in [0.25, 0.3) is 0 Å². The molecule has 2 N–H and O–H groups in total. The first-order valence-electron chi connectivity index (χ1n) is 11.9. The molecule has 1 heterocycles. The minimum Gasteiger partial charge on any atom is -0.619 e. The van der Waals surface area contributed by atoms with E-state index in [4.69, 9.17) is 43.1 Å². The zero-order valence-corrected chi connectivity index (χ0v) is 22.1. The van der Waals surface area contributed by atoms with Gasteiger partial charge in [0.1, 0.15) is 22.2 Å². The van der Waals surface area contributed by atoms with Crippen LogP contribution in [0.15, 0.2) is 30.6 Å². The van der Waals surface area contributed by atoms with Crippen LogP contribution >= 0.6 is 23.2 Å². The number of hydrogen-bond acceptors (Lipinski definition) is 8. The van der Waals surface area contributed by atoms with Crippen LogP contribution in [0.3, 0.4) is 0 Å². The summed E-state index contributed by atoms with van der Waals surface area (Å²) in [7, 11) is 0. The Morgan fingerprint density at radius 1 is 1.18 bits per heavy atom. The van der Waals surface area contributed by atoms with Crippen LogP contribution in [-0.4, -0.2) is 37.8 Å². The van der Waals surface area contributed by atoms with Crippen molar-refractivity contribution in [2.75, 3.05) is 13.2 Å². The molecule has 1 aromatic carbocycles. The molecule has 13 heteroatoms. The number of ether oxygens (including phenoxy) is 4. The molecule has 1 saturated carbocycles. The number of pyridine rings is 1. The summed E-state index contributed by atoms with van der Waals surface area (Å²) in [5, 5.41) is 11.8. The molecule has 38 heavy (non-hydrogen) atoms. The van der Waals surface area contributed by atoms with Crippen molar-refractivity contribution in [3.63, 3.8) is 0 Å². The van der Waals surface area contributed by atoms with E-state index in [1.807, 2.05) is 0 Å². The van der Waals surface area contributed by atoms with E-state index >= 15 is 0 Å². The zero-order chi connectivity index (χ0) is 27.8. The van der Waals surface area contributed by atoms with Crippen molar-refractivity contribution in [3.8, 4) is 11.5 Å². The van der Waals surface area contributed by atoms with E-state index < -0.39 is 30.7 Å². The maximum absolute atomic E-state index is 13.0. The van der Waals surface area contributed by atoms with Gasteiger partial charge >= 0.3 is 18.6 Å². The van der Waals surface area contributed by atoms with Gasteiger partial charge in [-0.2, -0.15) is 13.5 Å². The summed E-state index contributed by atoms with van der Waals surface area (Å²) in [6.45, 7) is -1.38. The molecule has 0 unspecified atom stereocenters. The molecule has 0 radical (unpaired) electrons. The Bertz CT molecular complexity index is 1110. The highest BCUT2D eigenvalue weighted by Gasteiger charge is 2.27. The SMILES string of the molecule is CC(=O)OCCC[C@@H](N)C(=O)O[C@@H](Cc1c(Cl)c[n+]([O-])cc1Cl)c1ccc(OC(F)F)c(OCC2CC2)c1. The number of hydrogen-bond donors (Lipinski definition) is 1. The minimum atomic E-state index is -3.07. The van der Waals surface area contributed by atoms with E-state index in [0.29, 0.717) is 34.8 Å². The van der Waals surface area contributed by atoms with Crippen molar-refractivity contribution in [3.05, 3.63) is 57.0 Å². The topological polar surface area (TPSA) is 124 Å². The van der Waals surface area contributed by atoms with E-state index in [0.717, 1.165) is 25.2 Å². The summed E-state index contributed by atoms with van der Waals surface area (Å²) in [5.74, 6) is -0.981. The fourth-order valence-electron chi connectivity index (χ4n) is 3.53. The lowest BCUT2D eigenvalue weighted by molar-refractivity contribution is -0.605. The Balaban J connectivity index is 1.86. The van der Waals surface area contributed by atoms with Crippen LogP contribution in [0.4, 0.5) is 8.78 Å². The number of carbonyl (C=O) groups excluding carboxylic acids is 2. The molecule has 0 amide bonds. The standard InChI is InChI=1S/C25H28Cl2F2N2O7/c1-14(32)35-8-2-3-20(30)24(33)37-22(10-17-18(26)11-31(34)12-19(17)27)16-6-7-21(38-25(28)29)23(9-16)36-13-15-4-5-15/h6-7,9,11-12,15,20,22,25H,2-5,8,10,13,30H2,1H3/t20-,22+/m1/s1. The fourth-order valence-corrected chi connectivity index (χ4v) is 4.13. The molecule has 3 rings (SSSR count). The van der Waals surface area contributed by atoms with Gasteiger partial charge in [0.05, 0.1) is 13.2 Å². The Morgan fingerprint density at radius 2 is 1.87 bits per heavy atom. The van der Waals surface area contributed by atoms with Gasteiger partial charge < -0.3 is 29.9 Å². The number of aromatic nitrogens is 1. The third-order valence-electron chi connectivity index (χ3n) is 5.70. The van der Waals surface area contributed by atoms with E-state index in [-0.39, 0.29) is 41.0 Å². The second-order valence-corrected chi connectivity index (χ2v) is 9.66. The number of carbonyl (C=O) groups is 2. The smallest absolute Gasteiger partial charge is 0.387 e. The molecule has 1 fully saturated rings. The van der Waals surface area contributed by atoms with Crippen LogP contribution in [-0.2, 0) is 25.5 Å². The monoisotopic (exact) mass is 576 g/mol. The summed E-state index contributed by atoms with van der Waals surface area (Å²) < 4.78 is 47.3. The number of benzene rings is 1. The highest BCUT2D eigenvalue weighted by Crippen LogP contribution is 2.37. The highest BCUT2D eigenvalue weighted by atomic mass is 35.5. The van der Waals surface area contributed by atoms with E-state index in [1.165, 1.54) is 25.1 Å². The van der Waals surface area contributed by atoms with E-state index in [9.17, 15) is 23.6 Å². The molecule has 1 aliphatic carbocycles. The molecule has 2 aromatic rings. The number of nitrogens with two attached hydrogens (primary N) is 1. The molecule has 0 bridgehead atoms. The largest absolute Gasteiger partial charge is 0.619 e. The molecule has 1 aromatic heterocycles. The highest BCUT2D eigenvalue weighted by molar-refractivity contribution is 6.35. The van der Waals surface area contributed by atoms with Gasteiger partial charge in [-0.25, -0.2) is 0 Å². The summed E-state index contributed by atoms with van der Waals surface area (Å²) in [5.41, 5.74) is 6.70. The Kier molecular flexibility index (Phi) is 10.7. The van der Waals surface area contributed by atoms with Crippen LogP contribution < -0.4 is 19.9 Å². The van der Waals surface area contributed by atoms with Gasteiger partial charge in [-0.15, -0.1) is 0 Å². The predicted molar refractivity (Wildman–Crippen MR) is 133 cm³/mol. The molecule has 0 spiro atoms. The molecular weight excluding hydrogens is 549 g/mol. The van der Waals surface area contributed by atoms with Crippen molar-refractivity contribution < 1.29 is 42.0 Å². The fraction of sp³-hybridized carbons (Fsp3) is 0.480. The second kappa shape index (κ2) is 13.8. The maximum atomic E-state index is 13.0. The van der Waals surface area contributed by atoms with Gasteiger partial charge in [-0.3, -0.25) is 9.59 Å². The summed E-state index contributed by atoms with van der Waals surface area (Å²) in [6.07, 6.45) is 3.59. The van der Waals surface area contributed by atoms with Crippen molar-refractivity contribution in [2.24, 2.45) is 11.7 Å². The van der Waals surface area contributed by atoms with Crippen molar-refractivity contribution in [1.82, 2.24) is 0 Å². The van der Waals surface area contributed by atoms with Crippen molar-refractivity contribution >= 4 is 35.1 Å². The molecule has 208 valence electrons. The lowest BCUT2D eigenvalue weighted by Crippen LogP contribution is -2.34. The first-order valence-corrected chi connectivity index (χ1v) is 12.7. The number of esters is 2. The van der Waals surface area contributed by atoms with Crippen LogP contribution in [0.1, 0.15) is 49.8 Å².